The Kier molecular flexibility index (Phi) is 4.90. The third-order valence-corrected chi connectivity index (χ3v) is 4.74. The molecule has 6 nitrogen and oxygen atoms in total. The zero-order valence-electron chi connectivity index (χ0n) is 11.5. The molecule has 124 valence electrons. The second-order valence-electron chi connectivity index (χ2n) is 4.78. The van der Waals surface area contributed by atoms with Crippen molar-refractivity contribution < 1.29 is 36.6 Å². The van der Waals surface area contributed by atoms with Crippen LogP contribution in [0.15, 0.2) is 29.2 Å². The summed E-state index contributed by atoms with van der Waals surface area (Å²) in [6.07, 6.45) is -6.62. The van der Waals surface area contributed by atoms with Crippen LogP contribution in [0.4, 0.5) is 13.2 Å². The maximum Gasteiger partial charge on any atom is 0.417 e. The average molecular weight is 341 g/mol. The number of hydrogen-bond acceptors (Lipinski definition) is 4. The van der Waals surface area contributed by atoms with Crippen LogP contribution in [0.2, 0.25) is 0 Å². The normalized spacial score (nSPS) is 16.8. The van der Waals surface area contributed by atoms with Crippen LogP contribution in [0.1, 0.15) is 19.4 Å². The number of benzene rings is 1. The fourth-order valence-corrected chi connectivity index (χ4v) is 3.23. The smallest absolute Gasteiger partial charge is 0.417 e. The van der Waals surface area contributed by atoms with E-state index in [1.54, 1.807) is 4.72 Å². The standard InChI is InChI=1S/C12H14F3NO5S/c1-7(17)11(2,10(18)19)16-22(20,21)9-6-4-3-5-8(9)12(13,14)15/h3-7,16-17H,1-2H3,(H,18,19). The fourth-order valence-electron chi connectivity index (χ4n) is 1.58. The Labute approximate surface area is 124 Å². The summed E-state index contributed by atoms with van der Waals surface area (Å²) >= 11 is 0. The Morgan fingerprint density at radius 3 is 2.18 bits per heavy atom. The molecule has 2 atom stereocenters. The van der Waals surface area contributed by atoms with Gasteiger partial charge in [0.05, 0.1) is 16.6 Å². The summed E-state index contributed by atoms with van der Waals surface area (Å²) in [6, 6.07) is 3.35. The van der Waals surface area contributed by atoms with Crippen LogP contribution < -0.4 is 4.72 Å². The molecule has 2 unspecified atom stereocenters. The van der Waals surface area contributed by atoms with Crippen LogP contribution in [0.5, 0.6) is 0 Å². The van der Waals surface area contributed by atoms with Crippen molar-refractivity contribution in [2.24, 2.45) is 0 Å². The first kappa shape index (κ1) is 18.4. The number of hydrogen-bond donors (Lipinski definition) is 3. The molecule has 1 aromatic carbocycles. The lowest BCUT2D eigenvalue weighted by Gasteiger charge is -2.29. The van der Waals surface area contributed by atoms with Gasteiger partial charge >= 0.3 is 12.1 Å². The first-order valence-corrected chi connectivity index (χ1v) is 7.42. The molecule has 0 fully saturated rings. The molecule has 0 amide bonds. The topological polar surface area (TPSA) is 104 Å². The van der Waals surface area contributed by atoms with E-state index in [0.717, 1.165) is 26.0 Å². The first-order chi connectivity index (χ1) is 9.82. The lowest BCUT2D eigenvalue weighted by Crippen LogP contribution is -2.59. The molecule has 0 aliphatic heterocycles. The highest BCUT2D eigenvalue weighted by molar-refractivity contribution is 7.89. The number of alkyl halides is 3. The van der Waals surface area contributed by atoms with Crippen LogP contribution in [-0.4, -0.2) is 36.2 Å². The monoisotopic (exact) mass is 341 g/mol. The van der Waals surface area contributed by atoms with Gasteiger partial charge in [0.1, 0.15) is 0 Å². The first-order valence-electron chi connectivity index (χ1n) is 5.94. The van der Waals surface area contributed by atoms with Crippen molar-refractivity contribution in [2.45, 2.75) is 36.6 Å². The number of aliphatic hydroxyl groups excluding tert-OH is 1. The molecule has 0 saturated carbocycles. The molecule has 22 heavy (non-hydrogen) atoms. The van der Waals surface area contributed by atoms with Crippen molar-refractivity contribution in [1.82, 2.24) is 4.72 Å². The van der Waals surface area contributed by atoms with Crippen molar-refractivity contribution >= 4 is 16.0 Å². The molecule has 0 aliphatic rings. The van der Waals surface area contributed by atoms with Gasteiger partial charge in [0, 0.05) is 0 Å². The van der Waals surface area contributed by atoms with Gasteiger partial charge in [-0.3, -0.25) is 4.79 Å². The van der Waals surface area contributed by atoms with E-state index in [4.69, 9.17) is 5.11 Å². The average Bonchev–Trinajstić information content (AvgIpc) is 2.36. The highest BCUT2D eigenvalue weighted by atomic mass is 32.2. The molecular weight excluding hydrogens is 327 g/mol. The molecule has 0 aromatic heterocycles. The van der Waals surface area contributed by atoms with Gasteiger partial charge < -0.3 is 10.2 Å². The number of halogens is 3. The largest absolute Gasteiger partial charge is 0.480 e. The van der Waals surface area contributed by atoms with E-state index < -0.39 is 44.3 Å². The molecule has 0 bridgehead atoms. The summed E-state index contributed by atoms with van der Waals surface area (Å²) in [5, 5.41) is 18.5. The summed E-state index contributed by atoms with van der Waals surface area (Å²) in [6.45, 7) is 1.86. The quantitative estimate of drug-likeness (QED) is 0.747. The van der Waals surface area contributed by atoms with E-state index in [0.29, 0.717) is 12.1 Å². The molecule has 0 radical (unpaired) electrons. The van der Waals surface area contributed by atoms with Crippen LogP contribution in [0.3, 0.4) is 0 Å². The minimum absolute atomic E-state index is 0.565. The molecule has 3 N–H and O–H groups in total. The van der Waals surface area contributed by atoms with E-state index in [1.165, 1.54) is 0 Å². The van der Waals surface area contributed by atoms with Gasteiger partial charge in [0.25, 0.3) is 0 Å². The van der Waals surface area contributed by atoms with Crippen LogP contribution in [0, 0.1) is 0 Å². The third-order valence-electron chi connectivity index (χ3n) is 3.11. The summed E-state index contributed by atoms with van der Waals surface area (Å²) in [4.78, 5) is 10.0. The number of carboxylic acid groups (broad SMARTS) is 1. The van der Waals surface area contributed by atoms with Crippen molar-refractivity contribution in [3.8, 4) is 0 Å². The van der Waals surface area contributed by atoms with E-state index in [1.807, 2.05) is 0 Å². The van der Waals surface area contributed by atoms with E-state index >= 15 is 0 Å². The highest BCUT2D eigenvalue weighted by Gasteiger charge is 2.44. The Balaban J connectivity index is 3.42. The number of aliphatic carboxylic acids is 1. The fraction of sp³-hybridized carbons (Fsp3) is 0.417. The number of carboxylic acids is 1. The summed E-state index contributed by atoms with van der Waals surface area (Å²) in [7, 11) is -4.83. The Bertz CT molecular complexity index is 672. The molecule has 0 saturated heterocycles. The number of rotatable bonds is 5. The summed E-state index contributed by atoms with van der Waals surface area (Å²) < 4.78 is 64.5. The molecule has 10 heteroatoms. The molecule has 0 aliphatic carbocycles. The second-order valence-corrected chi connectivity index (χ2v) is 6.43. The van der Waals surface area contributed by atoms with Crippen molar-refractivity contribution in [3.63, 3.8) is 0 Å². The van der Waals surface area contributed by atoms with Crippen molar-refractivity contribution in [2.75, 3.05) is 0 Å². The SMILES string of the molecule is CC(O)C(C)(NS(=O)(=O)c1ccccc1C(F)(F)F)C(=O)O. The maximum atomic E-state index is 12.9. The van der Waals surface area contributed by atoms with E-state index in [-0.39, 0.29) is 0 Å². The summed E-state index contributed by atoms with van der Waals surface area (Å²) in [5.41, 5.74) is -3.81. The minimum atomic E-state index is -4.93. The number of nitrogens with one attached hydrogen (secondary N) is 1. The van der Waals surface area contributed by atoms with Gasteiger partial charge in [-0.1, -0.05) is 12.1 Å². The van der Waals surface area contributed by atoms with Gasteiger partial charge in [0.2, 0.25) is 10.0 Å². The predicted octanol–water partition coefficient (Wildman–Crippen LogP) is 1.21. The van der Waals surface area contributed by atoms with Gasteiger partial charge in [-0.25, -0.2) is 8.42 Å². The van der Waals surface area contributed by atoms with Crippen LogP contribution in [-0.2, 0) is 21.0 Å². The van der Waals surface area contributed by atoms with Crippen LogP contribution >= 0.6 is 0 Å². The van der Waals surface area contributed by atoms with Gasteiger partial charge in [-0.2, -0.15) is 17.9 Å². The molecule has 1 aromatic rings. The Morgan fingerprint density at radius 2 is 1.77 bits per heavy atom. The minimum Gasteiger partial charge on any atom is -0.480 e. The van der Waals surface area contributed by atoms with E-state index in [9.17, 15) is 31.5 Å². The Morgan fingerprint density at radius 1 is 1.27 bits per heavy atom. The number of aliphatic hydroxyl groups is 1. The molecular formula is C12H14F3NO5S. The zero-order valence-corrected chi connectivity index (χ0v) is 12.4. The zero-order chi connectivity index (χ0) is 17.3. The lowest BCUT2D eigenvalue weighted by atomic mass is 9.98. The lowest BCUT2D eigenvalue weighted by molar-refractivity contribution is -0.147. The highest BCUT2D eigenvalue weighted by Crippen LogP contribution is 2.34. The maximum absolute atomic E-state index is 12.9. The van der Waals surface area contributed by atoms with E-state index in [2.05, 4.69) is 0 Å². The van der Waals surface area contributed by atoms with Gasteiger partial charge in [0.15, 0.2) is 5.54 Å². The number of carbonyl (C=O) groups is 1. The third kappa shape index (κ3) is 3.57. The predicted molar refractivity (Wildman–Crippen MR) is 69.5 cm³/mol. The van der Waals surface area contributed by atoms with Crippen molar-refractivity contribution in [1.29, 1.82) is 0 Å². The van der Waals surface area contributed by atoms with Crippen molar-refractivity contribution in [3.05, 3.63) is 29.8 Å². The molecule has 0 heterocycles. The van der Waals surface area contributed by atoms with Crippen LogP contribution in [0.25, 0.3) is 0 Å². The summed E-state index contributed by atoms with van der Waals surface area (Å²) in [5.74, 6) is -1.73. The number of sulfonamides is 1. The Hall–Kier alpha value is -1.65. The van der Waals surface area contributed by atoms with Gasteiger partial charge in [-0.15, -0.1) is 0 Å². The second kappa shape index (κ2) is 5.86. The molecule has 1 rings (SSSR count). The molecule has 0 spiro atoms. The van der Waals surface area contributed by atoms with Gasteiger partial charge in [-0.05, 0) is 26.0 Å².